The quantitative estimate of drug-likeness (QED) is 0.829. The van der Waals surface area contributed by atoms with Gasteiger partial charge in [-0.3, -0.25) is 4.79 Å². The molecule has 0 bridgehead atoms. The number of piperidine rings is 1. The van der Waals surface area contributed by atoms with Crippen LogP contribution in [0.25, 0.3) is 0 Å². The van der Waals surface area contributed by atoms with Crippen LogP contribution in [0.5, 0.6) is 0 Å². The fraction of sp³-hybridized carbons (Fsp3) is 0.364. The summed E-state index contributed by atoms with van der Waals surface area (Å²) in [6.07, 6.45) is 0.866. The van der Waals surface area contributed by atoms with Crippen LogP contribution in [0.3, 0.4) is 0 Å². The lowest BCUT2D eigenvalue weighted by atomic mass is 10.1. The lowest BCUT2D eigenvalue weighted by Gasteiger charge is -2.25. The molecule has 0 radical (unpaired) electrons. The molecular formula is C11H11BrFNO3S. The first-order chi connectivity index (χ1) is 8.41. The maximum atomic E-state index is 13.7. The summed E-state index contributed by atoms with van der Waals surface area (Å²) in [5, 5.41) is 0. The molecule has 0 amide bonds. The van der Waals surface area contributed by atoms with E-state index in [0.29, 0.717) is 17.3 Å². The molecule has 18 heavy (non-hydrogen) atoms. The van der Waals surface area contributed by atoms with E-state index in [-0.39, 0.29) is 23.8 Å². The number of hydrogen-bond acceptors (Lipinski definition) is 3. The second-order valence-electron chi connectivity index (χ2n) is 4.06. The van der Waals surface area contributed by atoms with Crippen molar-refractivity contribution in [1.82, 2.24) is 4.31 Å². The highest BCUT2D eigenvalue weighted by molar-refractivity contribution is 9.10. The Bertz CT molecular complexity index is 588. The van der Waals surface area contributed by atoms with Crippen LogP contribution in [-0.4, -0.2) is 31.6 Å². The van der Waals surface area contributed by atoms with Gasteiger partial charge in [0.15, 0.2) is 0 Å². The summed E-state index contributed by atoms with van der Waals surface area (Å²) >= 11 is 3.07. The van der Waals surface area contributed by atoms with E-state index in [1.807, 2.05) is 0 Å². The van der Waals surface area contributed by atoms with Gasteiger partial charge in [0, 0.05) is 17.4 Å². The van der Waals surface area contributed by atoms with Crippen molar-refractivity contribution in [3.8, 4) is 0 Å². The number of carbonyl (C=O) groups excluding carboxylic acids is 1. The highest BCUT2D eigenvalue weighted by atomic mass is 79.9. The molecule has 0 spiro atoms. The van der Waals surface area contributed by atoms with Crippen LogP contribution in [0.2, 0.25) is 0 Å². The van der Waals surface area contributed by atoms with Crippen molar-refractivity contribution in [1.29, 1.82) is 0 Å². The molecule has 1 fully saturated rings. The van der Waals surface area contributed by atoms with Gasteiger partial charge in [-0.05, 0) is 24.6 Å². The molecule has 0 aliphatic carbocycles. The predicted octanol–water partition coefficient (Wildman–Crippen LogP) is 1.94. The first-order valence-electron chi connectivity index (χ1n) is 5.38. The van der Waals surface area contributed by atoms with Gasteiger partial charge in [-0.1, -0.05) is 15.9 Å². The molecule has 1 saturated heterocycles. The van der Waals surface area contributed by atoms with Gasteiger partial charge >= 0.3 is 0 Å². The summed E-state index contributed by atoms with van der Waals surface area (Å²) in [6.45, 7) is 0.0847. The number of sulfonamides is 1. The molecule has 1 aliphatic rings. The van der Waals surface area contributed by atoms with Gasteiger partial charge in [-0.25, -0.2) is 12.8 Å². The Balaban J connectivity index is 2.38. The average molecular weight is 336 g/mol. The predicted molar refractivity (Wildman–Crippen MR) is 67.1 cm³/mol. The largest absolute Gasteiger partial charge is 0.298 e. The molecule has 1 aliphatic heterocycles. The van der Waals surface area contributed by atoms with E-state index in [9.17, 15) is 17.6 Å². The first-order valence-corrected chi connectivity index (χ1v) is 7.61. The van der Waals surface area contributed by atoms with Gasteiger partial charge in [0.25, 0.3) is 0 Å². The van der Waals surface area contributed by atoms with Crippen molar-refractivity contribution in [2.45, 2.75) is 17.7 Å². The molecule has 0 aromatic heterocycles. The summed E-state index contributed by atoms with van der Waals surface area (Å²) in [5.74, 6) is -0.954. The zero-order valence-corrected chi connectivity index (χ0v) is 11.8. The Kier molecular flexibility index (Phi) is 3.84. The molecule has 0 N–H and O–H groups in total. The Morgan fingerprint density at radius 1 is 1.33 bits per heavy atom. The van der Waals surface area contributed by atoms with E-state index in [1.165, 1.54) is 12.1 Å². The van der Waals surface area contributed by atoms with E-state index < -0.39 is 15.8 Å². The third-order valence-corrected chi connectivity index (χ3v) is 5.10. The van der Waals surface area contributed by atoms with E-state index in [4.69, 9.17) is 0 Å². The number of ketones is 1. The van der Waals surface area contributed by atoms with Crippen LogP contribution in [0.15, 0.2) is 27.6 Å². The third kappa shape index (κ3) is 2.62. The van der Waals surface area contributed by atoms with Crippen LogP contribution in [0.4, 0.5) is 4.39 Å². The fourth-order valence-electron chi connectivity index (χ4n) is 1.84. The van der Waals surface area contributed by atoms with Crippen molar-refractivity contribution in [2.24, 2.45) is 0 Å². The molecule has 2 rings (SSSR count). The molecule has 0 saturated carbocycles. The number of rotatable bonds is 2. The molecule has 7 heteroatoms. The highest BCUT2D eigenvalue weighted by Crippen LogP contribution is 2.24. The minimum atomic E-state index is -3.93. The number of nitrogens with zero attached hydrogens (tertiary/aromatic N) is 1. The molecular weight excluding hydrogens is 325 g/mol. The van der Waals surface area contributed by atoms with Crippen LogP contribution < -0.4 is 0 Å². The summed E-state index contributed by atoms with van der Waals surface area (Å²) < 4.78 is 39.5. The van der Waals surface area contributed by atoms with Gasteiger partial charge in [0.05, 0.1) is 6.54 Å². The standard InChI is InChI=1S/C11H11BrFNO3S/c12-8-3-4-11(10(13)6-8)18(16,17)14-5-1-2-9(15)7-14/h3-4,6H,1-2,5,7H2. The zero-order chi connectivity index (χ0) is 13.3. The Labute approximate surface area is 113 Å². The van der Waals surface area contributed by atoms with E-state index in [2.05, 4.69) is 15.9 Å². The SMILES string of the molecule is O=C1CCCN(S(=O)(=O)c2ccc(Br)cc2F)C1. The smallest absolute Gasteiger partial charge is 0.246 e. The number of benzene rings is 1. The minimum Gasteiger partial charge on any atom is -0.298 e. The number of hydrogen-bond donors (Lipinski definition) is 0. The zero-order valence-electron chi connectivity index (χ0n) is 9.40. The molecule has 98 valence electrons. The molecule has 1 aromatic carbocycles. The normalized spacial score (nSPS) is 18.0. The summed E-state index contributed by atoms with van der Waals surface area (Å²) in [5.41, 5.74) is 0. The lowest BCUT2D eigenvalue weighted by Crippen LogP contribution is -2.40. The molecule has 0 unspecified atom stereocenters. The number of halogens is 2. The summed E-state index contributed by atoms with van der Waals surface area (Å²) in [4.78, 5) is 10.9. The number of Topliss-reactive ketones (excluding diaryl/α,β-unsaturated/α-hetero) is 1. The monoisotopic (exact) mass is 335 g/mol. The van der Waals surface area contributed by atoms with Crippen LogP contribution in [-0.2, 0) is 14.8 Å². The maximum Gasteiger partial charge on any atom is 0.246 e. The topological polar surface area (TPSA) is 54.5 Å². The average Bonchev–Trinajstić information content (AvgIpc) is 2.28. The third-order valence-electron chi connectivity index (χ3n) is 2.73. The van der Waals surface area contributed by atoms with Gasteiger partial charge < -0.3 is 0 Å². The van der Waals surface area contributed by atoms with Crippen molar-refractivity contribution in [3.05, 3.63) is 28.5 Å². The Morgan fingerprint density at radius 2 is 2.06 bits per heavy atom. The van der Waals surface area contributed by atoms with Crippen molar-refractivity contribution >= 4 is 31.7 Å². The molecule has 1 heterocycles. The molecule has 0 atom stereocenters. The summed E-state index contributed by atoms with van der Waals surface area (Å²) in [6, 6.07) is 3.76. The maximum absolute atomic E-state index is 13.7. The van der Waals surface area contributed by atoms with Gasteiger partial charge in [0.1, 0.15) is 16.5 Å². The first kappa shape index (κ1) is 13.6. The van der Waals surface area contributed by atoms with Gasteiger partial charge in [0.2, 0.25) is 10.0 Å². The van der Waals surface area contributed by atoms with Crippen LogP contribution in [0.1, 0.15) is 12.8 Å². The van der Waals surface area contributed by atoms with Gasteiger partial charge in [-0.2, -0.15) is 4.31 Å². The van der Waals surface area contributed by atoms with Crippen LogP contribution >= 0.6 is 15.9 Å². The van der Waals surface area contributed by atoms with Crippen LogP contribution in [0, 0.1) is 5.82 Å². The van der Waals surface area contributed by atoms with Crippen molar-refractivity contribution < 1.29 is 17.6 Å². The number of carbonyl (C=O) groups is 1. The summed E-state index contributed by atoms with van der Waals surface area (Å²) in [7, 11) is -3.93. The van der Waals surface area contributed by atoms with Crippen molar-refractivity contribution in [3.63, 3.8) is 0 Å². The Morgan fingerprint density at radius 3 is 2.67 bits per heavy atom. The van der Waals surface area contributed by atoms with E-state index in [1.54, 1.807) is 0 Å². The minimum absolute atomic E-state index is 0.137. The second-order valence-corrected chi connectivity index (χ2v) is 6.88. The van der Waals surface area contributed by atoms with Crippen molar-refractivity contribution in [2.75, 3.05) is 13.1 Å². The van der Waals surface area contributed by atoms with E-state index >= 15 is 0 Å². The second kappa shape index (κ2) is 5.07. The Hall–Kier alpha value is -0.790. The highest BCUT2D eigenvalue weighted by Gasteiger charge is 2.31. The lowest BCUT2D eigenvalue weighted by molar-refractivity contribution is -0.120. The van der Waals surface area contributed by atoms with E-state index in [0.717, 1.165) is 10.4 Å². The molecule has 1 aromatic rings. The fourth-order valence-corrected chi connectivity index (χ4v) is 3.68. The van der Waals surface area contributed by atoms with Gasteiger partial charge in [-0.15, -0.1) is 0 Å². The molecule has 4 nitrogen and oxygen atoms in total.